The number of carbonyl (C=O) groups excluding carboxylic acids is 2. The molecule has 0 fully saturated rings. The molecule has 21 heavy (non-hydrogen) atoms. The molecule has 9 heteroatoms. The molecule has 1 rings (SSSR count). The van der Waals surface area contributed by atoms with Crippen LogP contribution in [0.5, 0.6) is 0 Å². The molecule has 1 heterocycles. The first kappa shape index (κ1) is 18.2. The molecule has 1 aromatic heterocycles. The smallest absolute Gasteiger partial charge is 0.233 e. The van der Waals surface area contributed by atoms with Crippen molar-refractivity contribution in [1.82, 2.24) is 20.8 Å². The lowest BCUT2D eigenvalue weighted by Gasteiger charge is -2.07. The number of carbonyl (C=O) groups is 2. The molecule has 0 aromatic carbocycles. The Bertz CT molecular complexity index is 467. The second kappa shape index (κ2) is 10.0. The van der Waals surface area contributed by atoms with E-state index in [-0.39, 0.29) is 17.1 Å². The van der Waals surface area contributed by atoms with Gasteiger partial charge in [-0.1, -0.05) is 41.8 Å². The SMILES string of the molecule is CCCNC(=O)CSc1nnc(S[C@@H](C)C(=O)NCC)s1. The second-order valence-corrected chi connectivity index (χ2v) is 7.92. The molecule has 6 nitrogen and oxygen atoms in total. The minimum absolute atomic E-state index is 0.00180. The van der Waals surface area contributed by atoms with Crippen molar-refractivity contribution < 1.29 is 9.59 Å². The fraction of sp³-hybridized carbons (Fsp3) is 0.667. The third-order valence-corrected chi connectivity index (χ3v) is 5.53. The molecular formula is C12H20N4O2S3. The summed E-state index contributed by atoms with van der Waals surface area (Å²) in [5.41, 5.74) is 0. The van der Waals surface area contributed by atoms with E-state index in [9.17, 15) is 9.59 Å². The van der Waals surface area contributed by atoms with Crippen LogP contribution in [0.4, 0.5) is 0 Å². The zero-order chi connectivity index (χ0) is 15.7. The molecular weight excluding hydrogens is 328 g/mol. The third-order valence-electron chi connectivity index (χ3n) is 2.28. The van der Waals surface area contributed by atoms with E-state index in [1.807, 2.05) is 20.8 Å². The molecule has 0 saturated carbocycles. The second-order valence-electron chi connectivity index (χ2n) is 4.13. The summed E-state index contributed by atoms with van der Waals surface area (Å²) in [7, 11) is 0. The van der Waals surface area contributed by atoms with Gasteiger partial charge in [-0.3, -0.25) is 9.59 Å². The van der Waals surface area contributed by atoms with Gasteiger partial charge in [0, 0.05) is 13.1 Å². The number of amides is 2. The first-order chi connectivity index (χ1) is 10.1. The molecule has 0 aliphatic heterocycles. The predicted molar refractivity (Wildman–Crippen MR) is 87.9 cm³/mol. The molecule has 0 bridgehead atoms. The first-order valence-corrected chi connectivity index (χ1v) is 9.42. The molecule has 1 atom stereocenters. The molecule has 0 aliphatic rings. The maximum absolute atomic E-state index is 11.6. The van der Waals surface area contributed by atoms with Crippen LogP contribution in [0.15, 0.2) is 8.68 Å². The summed E-state index contributed by atoms with van der Waals surface area (Å²) in [6, 6.07) is 0. The average molecular weight is 349 g/mol. The van der Waals surface area contributed by atoms with E-state index in [1.165, 1.54) is 34.9 Å². The van der Waals surface area contributed by atoms with Crippen LogP contribution in [0.25, 0.3) is 0 Å². The average Bonchev–Trinajstić information content (AvgIpc) is 2.90. The standard InChI is InChI=1S/C12H20N4O2S3/c1-4-6-14-9(17)7-19-11-15-16-12(21-11)20-8(3)10(18)13-5-2/h8H,4-7H2,1-3H3,(H,13,18)(H,14,17)/t8-/m0/s1. The fourth-order valence-electron chi connectivity index (χ4n) is 1.27. The highest BCUT2D eigenvalue weighted by Crippen LogP contribution is 2.31. The number of hydrogen-bond donors (Lipinski definition) is 2. The Hall–Kier alpha value is -0.800. The van der Waals surface area contributed by atoms with Gasteiger partial charge in [-0.2, -0.15) is 0 Å². The molecule has 0 aliphatic carbocycles. The normalized spacial score (nSPS) is 12.0. The van der Waals surface area contributed by atoms with Crippen LogP contribution in [0, 0.1) is 0 Å². The molecule has 0 saturated heterocycles. The van der Waals surface area contributed by atoms with E-state index in [0.29, 0.717) is 18.8 Å². The van der Waals surface area contributed by atoms with Crippen LogP contribution in [-0.4, -0.2) is 46.1 Å². The van der Waals surface area contributed by atoms with Gasteiger partial charge in [-0.15, -0.1) is 10.2 Å². The molecule has 0 unspecified atom stereocenters. The largest absolute Gasteiger partial charge is 0.355 e. The van der Waals surface area contributed by atoms with Gasteiger partial charge in [0.05, 0.1) is 11.0 Å². The summed E-state index contributed by atoms with van der Waals surface area (Å²) >= 11 is 4.15. The molecule has 0 spiro atoms. The van der Waals surface area contributed by atoms with E-state index >= 15 is 0 Å². The lowest BCUT2D eigenvalue weighted by atomic mass is 10.4. The first-order valence-electron chi connectivity index (χ1n) is 6.74. The Balaban J connectivity index is 2.39. The summed E-state index contributed by atoms with van der Waals surface area (Å²) < 4.78 is 1.48. The van der Waals surface area contributed by atoms with Gasteiger partial charge in [-0.25, -0.2) is 0 Å². The van der Waals surface area contributed by atoms with E-state index in [1.54, 1.807) is 0 Å². The van der Waals surface area contributed by atoms with Crippen molar-refractivity contribution in [3.05, 3.63) is 0 Å². The van der Waals surface area contributed by atoms with Crippen molar-refractivity contribution in [1.29, 1.82) is 0 Å². The zero-order valence-electron chi connectivity index (χ0n) is 12.3. The topological polar surface area (TPSA) is 84.0 Å². The summed E-state index contributed by atoms with van der Waals surface area (Å²) in [4.78, 5) is 23.1. The van der Waals surface area contributed by atoms with Crippen LogP contribution in [0.1, 0.15) is 27.2 Å². The van der Waals surface area contributed by atoms with Crippen molar-refractivity contribution in [2.45, 2.75) is 41.1 Å². The number of nitrogens with zero attached hydrogens (tertiary/aromatic N) is 2. The van der Waals surface area contributed by atoms with Crippen molar-refractivity contribution in [3.8, 4) is 0 Å². The van der Waals surface area contributed by atoms with Gasteiger partial charge in [0.15, 0.2) is 8.68 Å². The molecule has 118 valence electrons. The number of hydrogen-bond acceptors (Lipinski definition) is 7. The highest BCUT2D eigenvalue weighted by molar-refractivity contribution is 8.04. The predicted octanol–water partition coefficient (Wildman–Crippen LogP) is 1.77. The van der Waals surface area contributed by atoms with E-state index < -0.39 is 0 Å². The molecule has 0 radical (unpaired) electrons. The van der Waals surface area contributed by atoms with Gasteiger partial charge in [-0.05, 0) is 20.3 Å². The van der Waals surface area contributed by atoms with E-state index in [0.717, 1.165) is 15.1 Å². The van der Waals surface area contributed by atoms with Crippen LogP contribution < -0.4 is 10.6 Å². The Morgan fingerprint density at radius 2 is 1.95 bits per heavy atom. The Kier molecular flexibility index (Phi) is 8.70. The Morgan fingerprint density at radius 3 is 2.62 bits per heavy atom. The monoisotopic (exact) mass is 348 g/mol. The Morgan fingerprint density at radius 1 is 1.24 bits per heavy atom. The molecule has 1 aromatic rings. The van der Waals surface area contributed by atoms with Crippen molar-refractivity contribution in [2.75, 3.05) is 18.8 Å². The van der Waals surface area contributed by atoms with Crippen molar-refractivity contribution in [3.63, 3.8) is 0 Å². The third kappa shape index (κ3) is 7.14. The highest BCUT2D eigenvalue weighted by atomic mass is 32.2. The Labute approximate surface area is 137 Å². The van der Waals surface area contributed by atoms with Crippen molar-refractivity contribution >= 4 is 46.7 Å². The molecule has 2 N–H and O–H groups in total. The van der Waals surface area contributed by atoms with Crippen LogP contribution in [0.3, 0.4) is 0 Å². The fourth-order valence-corrected chi connectivity index (χ4v) is 4.29. The summed E-state index contributed by atoms with van der Waals surface area (Å²) in [6.07, 6.45) is 0.924. The minimum atomic E-state index is -0.205. The van der Waals surface area contributed by atoms with E-state index in [2.05, 4.69) is 20.8 Å². The van der Waals surface area contributed by atoms with Gasteiger partial charge in [0.1, 0.15) is 0 Å². The number of thioether (sulfide) groups is 2. The summed E-state index contributed by atoms with van der Waals surface area (Å²) in [5.74, 6) is 0.332. The van der Waals surface area contributed by atoms with Crippen molar-refractivity contribution in [2.24, 2.45) is 0 Å². The van der Waals surface area contributed by atoms with Gasteiger partial charge in [0.25, 0.3) is 0 Å². The van der Waals surface area contributed by atoms with E-state index in [4.69, 9.17) is 0 Å². The lowest BCUT2D eigenvalue weighted by Crippen LogP contribution is -2.30. The number of aromatic nitrogens is 2. The molecule has 2 amide bonds. The quantitative estimate of drug-likeness (QED) is 0.662. The van der Waals surface area contributed by atoms with Crippen LogP contribution >= 0.6 is 34.9 Å². The van der Waals surface area contributed by atoms with Crippen LogP contribution in [-0.2, 0) is 9.59 Å². The zero-order valence-corrected chi connectivity index (χ0v) is 14.8. The number of nitrogens with one attached hydrogen (secondary N) is 2. The highest BCUT2D eigenvalue weighted by Gasteiger charge is 2.16. The minimum Gasteiger partial charge on any atom is -0.355 e. The van der Waals surface area contributed by atoms with Gasteiger partial charge < -0.3 is 10.6 Å². The maximum atomic E-state index is 11.6. The van der Waals surface area contributed by atoms with Gasteiger partial charge >= 0.3 is 0 Å². The maximum Gasteiger partial charge on any atom is 0.233 e. The van der Waals surface area contributed by atoms with Gasteiger partial charge in [0.2, 0.25) is 11.8 Å². The lowest BCUT2D eigenvalue weighted by molar-refractivity contribution is -0.120. The summed E-state index contributed by atoms with van der Waals surface area (Å²) in [6.45, 7) is 7.05. The number of rotatable bonds is 9. The summed E-state index contributed by atoms with van der Waals surface area (Å²) in [5, 5.41) is 13.4. The van der Waals surface area contributed by atoms with Crippen LogP contribution in [0.2, 0.25) is 0 Å².